The Hall–Kier alpha value is -2.53. The zero-order valence-corrected chi connectivity index (χ0v) is 9.35. The highest BCUT2D eigenvalue weighted by Crippen LogP contribution is 2.21. The van der Waals surface area contributed by atoms with E-state index in [4.69, 9.17) is 5.26 Å². The Morgan fingerprint density at radius 2 is 1.88 bits per heavy atom. The Kier molecular flexibility index (Phi) is 3.23. The van der Waals surface area contributed by atoms with E-state index in [9.17, 15) is 0 Å². The third-order valence-corrected chi connectivity index (χ3v) is 2.45. The Morgan fingerprint density at radius 1 is 1.12 bits per heavy atom. The van der Waals surface area contributed by atoms with Gasteiger partial charge < -0.3 is 5.32 Å². The summed E-state index contributed by atoms with van der Waals surface area (Å²) in [5.41, 5.74) is 3.34. The average molecular weight is 220 g/mol. The van der Waals surface area contributed by atoms with E-state index in [-0.39, 0.29) is 0 Å². The van der Waals surface area contributed by atoms with Crippen molar-refractivity contribution in [3.63, 3.8) is 0 Å². The number of para-hydroxylation sites is 1. The first-order chi connectivity index (χ1) is 8.33. The van der Waals surface area contributed by atoms with Gasteiger partial charge in [0.25, 0.3) is 0 Å². The van der Waals surface area contributed by atoms with E-state index in [2.05, 4.69) is 18.0 Å². The highest BCUT2D eigenvalue weighted by molar-refractivity contribution is 5.69. The zero-order valence-electron chi connectivity index (χ0n) is 9.35. The molecule has 0 atom stereocenters. The fraction of sp³-hybridized carbons (Fsp3) is 0. The van der Waals surface area contributed by atoms with Gasteiger partial charge in [0, 0.05) is 5.69 Å². The molecule has 82 valence electrons. The normalized spacial score (nSPS) is 9.35. The number of nitrogens with one attached hydrogen (secondary N) is 1. The molecule has 0 radical (unpaired) electrons. The summed E-state index contributed by atoms with van der Waals surface area (Å²) in [7, 11) is 0. The van der Waals surface area contributed by atoms with Crippen LogP contribution in [0.4, 0.5) is 11.4 Å². The molecule has 2 rings (SSSR count). The molecule has 0 unspecified atom stereocenters. The Labute approximate surface area is 101 Å². The average Bonchev–Trinajstić information content (AvgIpc) is 2.40. The summed E-state index contributed by atoms with van der Waals surface area (Å²) in [6, 6.07) is 17.6. The van der Waals surface area contributed by atoms with Crippen LogP contribution in [0.5, 0.6) is 0 Å². The van der Waals surface area contributed by atoms with Crippen molar-refractivity contribution in [3.05, 3.63) is 66.2 Å². The van der Waals surface area contributed by atoms with E-state index >= 15 is 0 Å². The first-order valence-electron chi connectivity index (χ1n) is 5.32. The van der Waals surface area contributed by atoms with E-state index in [1.54, 1.807) is 6.08 Å². The summed E-state index contributed by atoms with van der Waals surface area (Å²) < 4.78 is 0. The van der Waals surface area contributed by atoms with Crippen LogP contribution in [0.15, 0.2) is 55.1 Å². The summed E-state index contributed by atoms with van der Waals surface area (Å²) >= 11 is 0. The highest BCUT2D eigenvalue weighted by atomic mass is 14.9. The number of nitriles is 1. The van der Waals surface area contributed by atoms with Gasteiger partial charge in [-0.3, -0.25) is 0 Å². The lowest BCUT2D eigenvalue weighted by Crippen LogP contribution is -1.93. The molecule has 0 saturated heterocycles. The number of rotatable bonds is 3. The second kappa shape index (κ2) is 5.00. The van der Waals surface area contributed by atoms with Gasteiger partial charge in [-0.05, 0) is 29.8 Å². The van der Waals surface area contributed by atoms with Crippen LogP contribution < -0.4 is 5.32 Å². The van der Waals surface area contributed by atoms with Crippen molar-refractivity contribution < 1.29 is 0 Å². The molecule has 2 aromatic carbocycles. The van der Waals surface area contributed by atoms with Gasteiger partial charge in [-0.2, -0.15) is 5.26 Å². The lowest BCUT2D eigenvalue weighted by atomic mass is 10.1. The molecule has 0 spiro atoms. The number of anilines is 2. The number of benzene rings is 2. The molecule has 0 saturated carbocycles. The van der Waals surface area contributed by atoms with Gasteiger partial charge >= 0.3 is 0 Å². The minimum Gasteiger partial charge on any atom is -0.354 e. The van der Waals surface area contributed by atoms with Crippen molar-refractivity contribution >= 4 is 17.5 Å². The second-order valence-electron chi connectivity index (χ2n) is 3.61. The van der Waals surface area contributed by atoms with Crippen molar-refractivity contribution in [2.75, 3.05) is 5.32 Å². The molecule has 2 aromatic rings. The van der Waals surface area contributed by atoms with Crippen LogP contribution in [-0.4, -0.2) is 0 Å². The molecule has 0 aliphatic carbocycles. The van der Waals surface area contributed by atoms with Gasteiger partial charge in [0.2, 0.25) is 0 Å². The van der Waals surface area contributed by atoms with Crippen LogP contribution in [0.2, 0.25) is 0 Å². The Balaban J connectivity index is 2.34. The molecular formula is C15H12N2. The third kappa shape index (κ3) is 2.53. The van der Waals surface area contributed by atoms with Crippen LogP contribution >= 0.6 is 0 Å². The summed E-state index contributed by atoms with van der Waals surface area (Å²) in [5, 5.41) is 12.3. The van der Waals surface area contributed by atoms with E-state index in [0.29, 0.717) is 5.56 Å². The van der Waals surface area contributed by atoms with Gasteiger partial charge in [0.1, 0.15) is 6.07 Å². The van der Waals surface area contributed by atoms with Gasteiger partial charge in [0.15, 0.2) is 0 Å². The molecular weight excluding hydrogens is 208 g/mol. The predicted molar refractivity (Wildman–Crippen MR) is 71.0 cm³/mol. The van der Waals surface area contributed by atoms with E-state index in [0.717, 1.165) is 16.9 Å². The molecule has 2 heteroatoms. The lowest BCUT2D eigenvalue weighted by Gasteiger charge is -2.08. The molecule has 0 fully saturated rings. The topological polar surface area (TPSA) is 35.8 Å². The minimum absolute atomic E-state index is 0.617. The van der Waals surface area contributed by atoms with Crippen molar-refractivity contribution in [1.82, 2.24) is 0 Å². The van der Waals surface area contributed by atoms with Crippen molar-refractivity contribution in [3.8, 4) is 6.07 Å². The maximum atomic E-state index is 9.09. The monoisotopic (exact) mass is 220 g/mol. The van der Waals surface area contributed by atoms with Crippen LogP contribution in [0, 0.1) is 11.3 Å². The first-order valence-corrected chi connectivity index (χ1v) is 5.32. The molecule has 0 bridgehead atoms. The van der Waals surface area contributed by atoms with E-state index < -0.39 is 0 Å². The van der Waals surface area contributed by atoms with E-state index in [1.165, 1.54) is 0 Å². The molecule has 0 aliphatic heterocycles. The van der Waals surface area contributed by atoms with Crippen LogP contribution in [0.25, 0.3) is 6.08 Å². The molecule has 1 N–H and O–H groups in total. The number of hydrogen-bond donors (Lipinski definition) is 1. The number of hydrogen-bond acceptors (Lipinski definition) is 2. The summed E-state index contributed by atoms with van der Waals surface area (Å²) in [5.74, 6) is 0. The van der Waals surface area contributed by atoms with Crippen molar-refractivity contribution in [2.45, 2.75) is 0 Å². The quantitative estimate of drug-likeness (QED) is 0.850. The fourth-order valence-corrected chi connectivity index (χ4v) is 1.57. The van der Waals surface area contributed by atoms with Crippen LogP contribution in [-0.2, 0) is 0 Å². The smallest absolute Gasteiger partial charge is 0.101 e. The molecule has 0 aliphatic rings. The van der Waals surface area contributed by atoms with Crippen LogP contribution in [0.3, 0.4) is 0 Å². The van der Waals surface area contributed by atoms with Crippen molar-refractivity contribution in [1.29, 1.82) is 5.26 Å². The van der Waals surface area contributed by atoms with Gasteiger partial charge in [-0.1, -0.05) is 36.9 Å². The first kappa shape index (κ1) is 11.0. The second-order valence-corrected chi connectivity index (χ2v) is 3.61. The SMILES string of the molecule is C=Cc1ccc(Nc2ccccc2)c(C#N)c1. The molecule has 0 aromatic heterocycles. The molecule has 17 heavy (non-hydrogen) atoms. The lowest BCUT2D eigenvalue weighted by molar-refractivity contribution is 1.45. The maximum absolute atomic E-state index is 9.09. The van der Waals surface area contributed by atoms with Gasteiger partial charge in [0.05, 0.1) is 11.3 Å². The van der Waals surface area contributed by atoms with E-state index in [1.807, 2.05) is 48.5 Å². The fourth-order valence-electron chi connectivity index (χ4n) is 1.57. The summed E-state index contributed by atoms with van der Waals surface area (Å²) in [6.07, 6.45) is 1.73. The maximum Gasteiger partial charge on any atom is 0.101 e. The summed E-state index contributed by atoms with van der Waals surface area (Å²) in [4.78, 5) is 0. The molecule has 2 nitrogen and oxygen atoms in total. The standard InChI is InChI=1S/C15H12N2/c1-2-12-8-9-15(13(10-12)11-16)17-14-6-4-3-5-7-14/h2-10,17H,1H2. The van der Waals surface area contributed by atoms with Gasteiger partial charge in [-0.15, -0.1) is 0 Å². The Morgan fingerprint density at radius 3 is 2.53 bits per heavy atom. The predicted octanol–water partition coefficient (Wildman–Crippen LogP) is 3.94. The number of nitrogens with zero attached hydrogens (tertiary/aromatic N) is 1. The minimum atomic E-state index is 0.617. The van der Waals surface area contributed by atoms with Crippen molar-refractivity contribution in [2.24, 2.45) is 0 Å². The Bertz CT molecular complexity index is 565. The van der Waals surface area contributed by atoms with Gasteiger partial charge in [-0.25, -0.2) is 0 Å². The third-order valence-electron chi connectivity index (χ3n) is 2.45. The zero-order chi connectivity index (χ0) is 12.1. The van der Waals surface area contributed by atoms with Crippen LogP contribution in [0.1, 0.15) is 11.1 Å². The largest absolute Gasteiger partial charge is 0.354 e. The highest BCUT2D eigenvalue weighted by Gasteiger charge is 2.02. The molecule has 0 heterocycles. The summed E-state index contributed by atoms with van der Waals surface area (Å²) in [6.45, 7) is 3.69. The molecule has 0 amide bonds.